The summed E-state index contributed by atoms with van der Waals surface area (Å²) in [4.78, 5) is 0. The Bertz CT molecular complexity index is 768. The second-order valence-corrected chi connectivity index (χ2v) is 9.26. The van der Waals surface area contributed by atoms with Gasteiger partial charge >= 0.3 is 0 Å². The number of nitrogens with zero attached hydrogens (tertiary/aromatic N) is 1. The van der Waals surface area contributed by atoms with Crippen LogP contribution in [0.3, 0.4) is 0 Å². The average Bonchev–Trinajstić information content (AvgIpc) is 3.08. The molecule has 4 rings (SSSR count). The highest BCUT2D eigenvalue weighted by Gasteiger charge is 2.30. The summed E-state index contributed by atoms with van der Waals surface area (Å²) >= 11 is 0. The molecule has 1 heterocycles. The van der Waals surface area contributed by atoms with Crippen LogP contribution in [-0.4, -0.2) is 37.7 Å². The number of hydrogen-bond donors (Lipinski definition) is 1. The van der Waals surface area contributed by atoms with E-state index in [9.17, 15) is 0 Å². The number of quaternary nitrogens is 1. The highest BCUT2D eigenvalue weighted by molar-refractivity contribution is 5.56. The molecule has 0 radical (unpaired) electrons. The first kappa shape index (κ1) is 18.6. The van der Waals surface area contributed by atoms with Gasteiger partial charge in [-0.3, -0.25) is 0 Å². The van der Waals surface area contributed by atoms with Crippen molar-refractivity contribution in [2.45, 2.75) is 57.4 Å². The van der Waals surface area contributed by atoms with Gasteiger partial charge in [-0.15, -0.1) is 0 Å². The van der Waals surface area contributed by atoms with E-state index in [-0.39, 0.29) is 0 Å². The molecule has 1 N–H and O–H groups in total. The summed E-state index contributed by atoms with van der Waals surface area (Å²) < 4.78 is 1.20. The SMILES string of the molecule is Cc1c(NCCC2CCCC[N+]2(C)C)cccc1C1Cc2ccccc2C1. The molecule has 0 spiro atoms. The molecule has 0 bridgehead atoms. The Morgan fingerprint density at radius 2 is 1.70 bits per heavy atom. The third kappa shape index (κ3) is 3.91. The summed E-state index contributed by atoms with van der Waals surface area (Å²) in [6.45, 7) is 4.73. The minimum absolute atomic E-state index is 0.637. The van der Waals surface area contributed by atoms with Crippen LogP contribution in [0.2, 0.25) is 0 Å². The molecule has 1 unspecified atom stereocenters. The Labute approximate surface area is 165 Å². The van der Waals surface area contributed by atoms with E-state index in [1.54, 1.807) is 0 Å². The van der Waals surface area contributed by atoms with Gasteiger partial charge in [0.15, 0.2) is 0 Å². The first-order chi connectivity index (χ1) is 13.0. The van der Waals surface area contributed by atoms with E-state index in [1.807, 2.05) is 0 Å². The second kappa shape index (κ2) is 7.67. The zero-order valence-corrected chi connectivity index (χ0v) is 17.3. The van der Waals surface area contributed by atoms with Crippen molar-refractivity contribution >= 4 is 5.69 Å². The predicted octanol–water partition coefficient (Wildman–Crippen LogP) is 5.31. The summed E-state index contributed by atoms with van der Waals surface area (Å²) in [6, 6.07) is 16.6. The maximum atomic E-state index is 3.77. The molecule has 0 amide bonds. The van der Waals surface area contributed by atoms with Crippen LogP contribution in [0, 0.1) is 6.92 Å². The number of fused-ring (bicyclic) bond motifs is 1. The summed E-state index contributed by atoms with van der Waals surface area (Å²) in [5.74, 6) is 0.637. The van der Waals surface area contributed by atoms with Crippen molar-refractivity contribution in [3.63, 3.8) is 0 Å². The number of rotatable bonds is 5. The molecule has 0 saturated carbocycles. The van der Waals surface area contributed by atoms with E-state index in [4.69, 9.17) is 0 Å². The minimum Gasteiger partial charge on any atom is -0.385 e. The van der Waals surface area contributed by atoms with Crippen LogP contribution in [0.15, 0.2) is 42.5 Å². The van der Waals surface area contributed by atoms with Crippen LogP contribution in [0.25, 0.3) is 0 Å². The van der Waals surface area contributed by atoms with Crippen molar-refractivity contribution in [3.05, 3.63) is 64.7 Å². The first-order valence-corrected chi connectivity index (χ1v) is 10.8. The molecule has 1 aliphatic heterocycles. The molecule has 2 nitrogen and oxygen atoms in total. The molecule has 2 aromatic carbocycles. The van der Waals surface area contributed by atoms with Gasteiger partial charge in [-0.1, -0.05) is 36.4 Å². The van der Waals surface area contributed by atoms with Gasteiger partial charge in [-0.05, 0) is 73.3 Å². The highest BCUT2D eigenvalue weighted by atomic mass is 15.3. The zero-order valence-electron chi connectivity index (χ0n) is 17.3. The van der Waals surface area contributed by atoms with Gasteiger partial charge in [0, 0.05) is 18.7 Å². The molecule has 0 aromatic heterocycles. The number of hydrogen-bond acceptors (Lipinski definition) is 1. The van der Waals surface area contributed by atoms with Crippen molar-refractivity contribution in [1.82, 2.24) is 0 Å². The monoisotopic (exact) mass is 363 g/mol. The molecule has 1 atom stereocenters. The van der Waals surface area contributed by atoms with Gasteiger partial charge in [0.05, 0.1) is 26.7 Å². The lowest BCUT2D eigenvalue weighted by molar-refractivity contribution is -0.920. The van der Waals surface area contributed by atoms with Gasteiger partial charge in [0.2, 0.25) is 0 Å². The number of piperidine rings is 1. The largest absolute Gasteiger partial charge is 0.385 e. The van der Waals surface area contributed by atoms with Crippen LogP contribution in [0.4, 0.5) is 5.69 Å². The Hall–Kier alpha value is -1.80. The lowest BCUT2D eigenvalue weighted by Gasteiger charge is -2.41. The molecule has 2 heteroatoms. The molecule has 1 fully saturated rings. The van der Waals surface area contributed by atoms with E-state index >= 15 is 0 Å². The maximum Gasteiger partial charge on any atom is 0.0903 e. The fourth-order valence-electron chi connectivity index (χ4n) is 5.36. The maximum absolute atomic E-state index is 3.77. The Morgan fingerprint density at radius 1 is 0.963 bits per heavy atom. The summed E-state index contributed by atoms with van der Waals surface area (Å²) in [6.07, 6.45) is 7.83. The summed E-state index contributed by atoms with van der Waals surface area (Å²) in [7, 11) is 4.82. The van der Waals surface area contributed by atoms with Crippen molar-refractivity contribution in [3.8, 4) is 0 Å². The van der Waals surface area contributed by atoms with Crippen molar-refractivity contribution in [1.29, 1.82) is 0 Å². The van der Waals surface area contributed by atoms with Gasteiger partial charge < -0.3 is 9.80 Å². The minimum atomic E-state index is 0.637. The van der Waals surface area contributed by atoms with Crippen LogP contribution in [-0.2, 0) is 12.8 Å². The third-order valence-electron chi connectivity index (χ3n) is 7.17. The molecule has 27 heavy (non-hydrogen) atoms. The van der Waals surface area contributed by atoms with Gasteiger partial charge in [0.25, 0.3) is 0 Å². The molecule has 2 aromatic rings. The zero-order chi connectivity index (χ0) is 18.9. The average molecular weight is 364 g/mol. The summed E-state index contributed by atoms with van der Waals surface area (Å²) in [5.41, 5.74) is 7.40. The van der Waals surface area contributed by atoms with Gasteiger partial charge in [-0.2, -0.15) is 0 Å². The van der Waals surface area contributed by atoms with Crippen LogP contribution >= 0.6 is 0 Å². The highest BCUT2D eigenvalue weighted by Crippen LogP contribution is 2.37. The Kier molecular flexibility index (Phi) is 5.27. The number of benzene rings is 2. The molecular weight excluding hydrogens is 328 g/mol. The molecule has 1 saturated heterocycles. The summed E-state index contributed by atoms with van der Waals surface area (Å²) in [5, 5.41) is 3.77. The van der Waals surface area contributed by atoms with Crippen LogP contribution in [0.5, 0.6) is 0 Å². The quantitative estimate of drug-likeness (QED) is 0.710. The van der Waals surface area contributed by atoms with E-state index in [2.05, 4.69) is 68.8 Å². The molecular formula is C25H35N2+. The lowest BCUT2D eigenvalue weighted by Crippen LogP contribution is -2.52. The predicted molar refractivity (Wildman–Crippen MR) is 115 cm³/mol. The number of anilines is 1. The smallest absolute Gasteiger partial charge is 0.0903 e. The fourth-order valence-corrected chi connectivity index (χ4v) is 5.36. The standard InChI is InChI=1S/C25H35N2/c1-19-24(22-17-20-9-4-5-10-21(20)18-22)12-8-13-25(19)26-15-14-23-11-6-7-16-27(23,2)3/h4-5,8-10,12-13,22-23,26H,6-7,11,14-18H2,1-3H3/q+1. The van der Waals surface area contributed by atoms with Crippen LogP contribution < -0.4 is 5.32 Å². The Morgan fingerprint density at radius 3 is 2.41 bits per heavy atom. The molecule has 1 aliphatic carbocycles. The first-order valence-electron chi connectivity index (χ1n) is 10.8. The van der Waals surface area contributed by atoms with Gasteiger partial charge in [0.1, 0.15) is 0 Å². The van der Waals surface area contributed by atoms with Crippen molar-refractivity contribution < 1.29 is 4.48 Å². The Balaban J connectivity index is 1.41. The van der Waals surface area contributed by atoms with Crippen LogP contribution in [0.1, 0.15) is 53.9 Å². The second-order valence-electron chi connectivity index (χ2n) is 9.26. The van der Waals surface area contributed by atoms with Gasteiger partial charge in [-0.25, -0.2) is 0 Å². The van der Waals surface area contributed by atoms with E-state index < -0.39 is 0 Å². The normalized spacial score (nSPS) is 21.8. The van der Waals surface area contributed by atoms with Crippen molar-refractivity contribution in [2.75, 3.05) is 32.5 Å². The molecule has 2 aliphatic rings. The number of nitrogens with one attached hydrogen (secondary N) is 1. The lowest BCUT2D eigenvalue weighted by atomic mass is 9.91. The molecule has 144 valence electrons. The van der Waals surface area contributed by atoms with E-state index in [0.29, 0.717) is 5.92 Å². The number of likely N-dealkylation sites (tertiary alicyclic amines) is 1. The van der Waals surface area contributed by atoms with E-state index in [0.717, 1.165) is 12.6 Å². The fraction of sp³-hybridized carbons (Fsp3) is 0.520. The third-order valence-corrected chi connectivity index (χ3v) is 7.17. The topological polar surface area (TPSA) is 12.0 Å². The van der Waals surface area contributed by atoms with Crippen molar-refractivity contribution in [2.24, 2.45) is 0 Å². The van der Waals surface area contributed by atoms with E-state index in [1.165, 1.54) is 77.5 Å².